The van der Waals surface area contributed by atoms with Crippen LogP contribution < -0.4 is 0 Å². The Morgan fingerprint density at radius 3 is 2.83 bits per heavy atom. The van der Waals surface area contributed by atoms with Crippen LogP contribution >= 0.6 is 15.9 Å². The maximum Gasteiger partial charge on any atom is 0.152 e. The first-order chi connectivity index (χ1) is 5.59. The number of carbonyl (C=O) groups is 1. The van der Waals surface area contributed by atoms with Gasteiger partial charge in [-0.3, -0.25) is 9.48 Å². The van der Waals surface area contributed by atoms with Crippen LogP contribution in [0.3, 0.4) is 0 Å². The molecular weight excluding hydrogens is 220 g/mol. The summed E-state index contributed by atoms with van der Waals surface area (Å²) < 4.78 is 2.47. The van der Waals surface area contributed by atoms with Gasteiger partial charge in [0.25, 0.3) is 0 Å². The van der Waals surface area contributed by atoms with Crippen molar-refractivity contribution in [3.63, 3.8) is 0 Å². The molecule has 0 fully saturated rings. The average molecular weight is 229 g/mol. The lowest BCUT2D eigenvalue weighted by molar-refractivity contribution is -0.112. The topological polar surface area (TPSA) is 34.9 Å². The third-order valence-electron chi connectivity index (χ3n) is 1.37. The van der Waals surface area contributed by atoms with E-state index in [0.717, 1.165) is 10.3 Å². The van der Waals surface area contributed by atoms with Gasteiger partial charge in [-0.2, -0.15) is 5.10 Å². The second-order valence-electron chi connectivity index (χ2n) is 2.46. The molecule has 0 amide bonds. The molecule has 0 spiro atoms. The lowest BCUT2D eigenvalue weighted by Crippen LogP contribution is -1.92. The summed E-state index contributed by atoms with van der Waals surface area (Å²) in [5, 5.41) is 4.06. The molecule has 0 aliphatic carbocycles. The molecule has 1 aromatic heterocycles. The zero-order chi connectivity index (χ0) is 9.14. The van der Waals surface area contributed by atoms with E-state index in [9.17, 15) is 4.79 Å². The standard InChI is InChI=1S/C8H9BrN2O/c1-6(12)3-4-7-5-8(9)10-11(7)2/h3-5H,1-2H3/b4-3+. The third kappa shape index (κ3) is 2.30. The molecule has 0 aliphatic heterocycles. The molecule has 12 heavy (non-hydrogen) atoms. The van der Waals surface area contributed by atoms with Crippen LogP contribution in [0.5, 0.6) is 0 Å². The molecule has 0 bridgehead atoms. The first-order valence-electron chi connectivity index (χ1n) is 3.48. The Kier molecular flexibility index (Phi) is 2.81. The van der Waals surface area contributed by atoms with Gasteiger partial charge < -0.3 is 0 Å². The minimum Gasteiger partial charge on any atom is -0.295 e. The molecule has 3 nitrogen and oxygen atoms in total. The molecule has 1 rings (SSSR count). The molecular formula is C8H9BrN2O. The maximum absolute atomic E-state index is 10.6. The fourth-order valence-electron chi connectivity index (χ4n) is 0.804. The van der Waals surface area contributed by atoms with E-state index in [1.165, 1.54) is 13.0 Å². The number of aryl methyl sites for hydroxylation is 1. The van der Waals surface area contributed by atoms with Crippen molar-refractivity contribution >= 4 is 27.8 Å². The van der Waals surface area contributed by atoms with Crippen LogP contribution in [0.15, 0.2) is 16.7 Å². The summed E-state index contributed by atoms with van der Waals surface area (Å²) in [7, 11) is 1.82. The summed E-state index contributed by atoms with van der Waals surface area (Å²) in [6.45, 7) is 1.52. The van der Waals surface area contributed by atoms with Crippen molar-refractivity contribution in [3.05, 3.63) is 22.4 Å². The lowest BCUT2D eigenvalue weighted by atomic mass is 10.3. The Labute approximate surface area is 79.2 Å². The van der Waals surface area contributed by atoms with Crippen LogP contribution in [-0.2, 0) is 11.8 Å². The molecule has 0 aliphatic rings. The molecule has 1 aromatic rings. The van der Waals surface area contributed by atoms with E-state index < -0.39 is 0 Å². The van der Waals surface area contributed by atoms with E-state index in [4.69, 9.17) is 0 Å². The summed E-state index contributed by atoms with van der Waals surface area (Å²) in [6, 6.07) is 1.85. The fraction of sp³-hybridized carbons (Fsp3) is 0.250. The Morgan fingerprint density at radius 2 is 2.42 bits per heavy atom. The molecule has 0 N–H and O–H groups in total. The van der Waals surface area contributed by atoms with Crippen LogP contribution in [0.1, 0.15) is 12.6 Å². The van der Waals surface area contributed by atoms with Crippen LogP contribution in [0.2, 0.25) is 0 Å². The molecule has 0 saturated carbocycles. The second kappa shape index (κ2) is 3.67. The van der Waals surface area contributed by atoms with Crippen LogP contribution in [0.25, 0.3) is 6.08 Å². The highest BCUT2D eigenvalue weighted by molar-refractivity contribution is 9.10. The summed E-state index contributed by atoms with van der Waals surface area (Å²) in [5.41, 5.74) is 0.900. The summed E-state index contributed by atoms with van der Waals surface area (Å²) in [4.78, 5) is 10.6. The van der Waals surface area contributed by atoms with Gasteiger partial charge >= 0.3 is 0 Å². The number of allylic oxidation sites excluding steroid dienone is 1. The van der Waals surface area contributed by atoms with Crippen molar-refractivity contribution in [3.8, 4) is 0 Å². The van der Waals surface area contributed by atoms with Gasteiger partial charge in [0.05, 0.1) is 5.69 Å². The highest BCUT2D eigenvalue weighted by atomic mass is 79.9. The fourth-order valence-corrected chi connectivity index (χ4v) is 1.28. The summed E-state index contributed by atoms with van der Waals surface area (Å²) in [6.07, 6.45) is 3.25. The van der Waals surface area contributed by atoms with Gasteiger partial charge in [0, 0.05) is 7.05 Å². The van der Waals surface area contributed by atoms with E-state index in [-0.39, 0.29) is 5.78 Å². The van der Waals surface area contributed by atoms with Crippen molar-refractivity contribution in [2.45, 2.75) is 6.92 Å². The van der Waals surface area contributed by atoms with Gasteiger partial charge in [-0.1, -0.05) is 0 Å². The summed E-state index contributed by atoms with van der Waals surface area (Å²) >= 11 is 3.24. The smallest absolute Gasteiger partial charge is 0.152 e. The van der Waals surface area contributed by atoms with E-state index in [0.29, 0.717) is 0 Å². The van der Waals surface area contributed by atoms with Crippen molar-refractivity contribution in [1.29, 1.82) is 0 Å². The van der Waals surface area contributed by atoms with Gasteiger partial charge in [0.15, 0.2) is 5.78 Å². The minimum absolute atomic E-state index is 0.0346. The predicted molar refractivity (Wildman–Crippen MR) is 50.6 cm³/mol. The van der Waals surface area contributed by atoms with Crippen molar-refractivity contribution in [1.82, 2.24) is 9.78 Å². The monoisotopic (exact) mass is 228 g/mol. The van der Waals surface area contributed by atoms with Gasteiger partial charge in [-0.15, -0.1) is 0 Å². The lowest BCUT2D eigenvalue weighted by Gasteiger charge is -1.91. The second-order valence-corrected chi connectivity index (χ2v) is 3.27. The van der Waals surface area contributed by atoms with Crippen LogP contribution in [-0.4, -0.2) is 15.6 Å². The quantitative estimate of drug-likeness (QED) is 0.724. The number of aromatic nitrogens is 2. The first kappa shape index (κ1) is 9.19. The Hall–Kier alpha value is -0.900. The average Bonchev–Trinajstić information content (AvgIpc) is 2.26. The molecule has 0 saturated heterocycles. The van der Waals surface area contributed by atoms with Crippen LogP contribution in [0.4, 0.5) is 0 Å². The van der Waals surface area contributed by atoms with E-state index >= 15 is 0 Å². The van der Waals surface area contributed by atoms with Gasteiger partial charge in [0.2, 0.25) is 0 Å². The highest BCUT2D eigenvalue weighted by Crippen LogP contribution is 2.10. The first-order valence-corrected chi connectivity index (χ1v) is 4.27. The largest absolute Gasteiger partial charge is 0.295 e. The molecule has 0 radical (unpaired) electrons. The molecule has 1 heterocycles. The zero-order valence-corrected chi connectivity index (χ0v) is 8.50. The zero-order valence-electron chi connectivity index (χ0n) is 6.91. The highest BCUT2D eigenvalue weighted by Gasteiger charge is 1.97. The number of hydrogen-bond acceptors (Lipinski definition) is 2. The number of ketones is 1. The van der Waals surface area contributed by atoms with Crippen molar-refractivity contribution in [2.75, 3.05) is 0 Å². The summed E-state index contributed by atoms with van der Waals surface area (Å²) in [5.74, 6) is 0.0346. The SMILES string of the molecule is CC(=O)/C=C/c1cc(Br)nn1C. The number of hydrogen-bond donors (Lipinski definition) is 0. The number of nitrogens with zero attached hydrogens (tertiary/aromatic N) is 2. The molecule has 4 heteroatoms. The molecule has 64 valence electrons. The number of halogens is 1. The number of rotatable bonds is 2. The predicted octanol–water partition coefficient (Wildman–Crippen LogP) is 1.78. The Balaban J connectivity index is 2.89. The Bertz CT molecular complexity index is 328. The van der Waals surface area contributed by atoms with Gasteiger partial charge in [-0.05, 0) is 41.1 Å². The van der Waals surface area contributed by atoms with Crippen LogP contribution in [0, 0.1) is 0 Å². The number of carbonyl (C=O) groups excluding carboxylic acids is 1. The van der Waals surface area contributed by atoms with Gasteiger partial charge in [0.1, 0.15) is 4.60 Å². The molecule has 0 atom stereocenters. The van der Waals surface area contributed by atoms with E-state index in [1.807, 2.05) is 13.1 Å². The molecule has 0 unspecified atom stereocenters. The Morgan fingerprint density at radius 1 is 1.75 bits per heavy atom. The normalized spacial score (nSPS) is 10.9. The van der Waals surface area contributed by atoms with Crippen molar-refractivity contribution < 1.29 is 4.79 Å². The van der Waals surface area contributed by atoms with Crippen molar-refractivity contribution in [2.24, 2.45) is 7.05 Å². The van der Waals surface area contributed by atoms with E-state index in [1.54, 1.807) is 10.8 Å². The maximum atomic E-state index is 10.6. The van der Waals surface area contributed by atoms with E-state index in [2.05, 4.69) is 21.0 Å². The third-order valence-corrected chi connectivity index (χ3v) is 1.76. The molecule has 0 aromatic carbocycles. The minimum atomic E-state index is 0.0346. The van der Waals surface area contributed by atoms with Gasteiger partial charge in [-0.25, -0.2) is 0 Å².